The first kappa shape index (κ1) is 11.4. The summed E-state index contributed by atoms with van der Waals surface area (Å²) in [5.74, 6) is 0. The van der Waals surface area contributed by atoms with Crippen molar-refractivity contribution in [2.75, 3.05) is 0 Å². The van der Waals surface area contributed by atoms with E-state index in [2.05, 4.69) is 17.0 Å². The van der Waals surface area contributed by atoms with Gasteiger partial charge in [0.2, 0.25) is 0 Å². The Kier molecular flexibility index (Phi) is 2.48. The Bertz CT molecular complexity index is 796. The molecule has 0 saturated heterocycles. The van der Waals surface area contributed by atoms with Crippen molar-refractivity contribution in [3.05, 3.63) is 21.6 Å². The first-order valence-electron chi connectivity index (χ1n) is 6.01. The van der Waals surface area contributed by atoms with Crippen molar-refractivity contribution in [2.45, 2.75) is 26.8 Å². The number of rotatable bonds is 2. The predicted molar refractivity (Wildman–Crippen MR) is 73.2 cm³/mol. The molecular formula is C12H14N4OS. The highest BCUT2D eigenvalue weighted by molar-refractivity contribution is 7.19. The van der Waals surface area contributed by atoms with Crippen LogP contribution in [0.25, 0.3) is 21.3 Å². The van der Waals surface area contributed by atoms with Crippen molar-refractivity contribution >= 4 is 32.6 Å². The van der Waals surface area contributed by atoms with Gasteiger partial charge >= 0.3 is 0 Å². The van der Waals surface area contributed by atoms with E-state index in [0.29, 0.717) is 12.1 Å². The Morgan fingerprint density at radius 1 is 1.39 bits per heavy atom. The molecule has 0 amide bonds. The molecule has 0 aliphatic heterocycles. The summed E-state index contributed by atoms with van der Waals surface area (Å²) in [6.07, 6.45) is 2.69. The fourth-order valence-corrected chi connectivity index (χ4v) is 3.25. The zero-order valence-corrected chi connectivity index (χ0v) is 11.4. The topological polar surface area (TPSA) is 52.7 Å². The third-order valence-corrected chi connectivity index (χ3v) is 4.39. The van der Waals surface area contributed by atoms with E-state index in [1.807, 2.05) is 18.5 Å². The summed E-state index contributed by atoms with van der Waals surface area (Å²) in [4.78, 5) is 16.8. The van der Waals surface area contributed by atoms with Gasteiger partial charge in [0.15, 0.2) is 5.65 Å². The van der Waals surface area contributed by atoms with E-state index in [1.54, 1.807) is 17.5 Å². The molecule has 18 heavy (non-hydrogen) atoms. The predicted octanol–water partition coefficient (Wildman–Crippen LogP) is 1.93. The number of hydrogen-bond acceptors (Lipinski definition) is 4. The fraction of sp³-hybridized carbons (Fsp3) is 0.417. The maximum Gasteiger partial charge on any atom is 0.291 e. The normalized spacial score (nSPS) is 11.7. The molecule has 94 valence electrons. The van der Waals surface area contributed by atoms with Crippen LogP contribution in [0.1, 0.15) is 18.9 Å². The van der Waals surface area contributed by atoms with Gasteiger partial charge in [0.1, 0.15) is 5.52 Å². The molecule has 3 heterocycles. The summed E-state index contributed by atoms with van der Waals surface area (Å²) < 4.78 is 4.43. The van der Waals surface area contributed by atoms with Gasteiger partial charge in [-0.25, -0.2) is 9.67 Å². The molecule has 0 aliphatic carbocycles. The molecule has 0 radical (unpaired) electrons. The van der Waals surface area contributed by atoms with Gasteiger partial charge in [0, 0.05) is 19.0 Å². The second-order valence-corrected chi connectivity index (χ2v) is 5.28. The lowest BCUT2D eigenvalue weighted by Gasteiger charge is -2.01. The minimum absolute atomic E-state index is 0.0410. The maximum absolute atomic E-state index is 12.3. The first-order valence-corrected chi connectivity index (χ1v) is 6.82. The molecule has 6 heteroatoms. The zero-order chi connectivity index (χ0) is 12.9. The Hall–Kier alpha value is -1.69. The molecule has 3 rings (SSSR count). The number of fused-ring (bicyclic) bond motifs is 3. The summed E-state index contributed by atoms with van der Waals surface area (Å²) in [6.45, 7) is 4.59. The number of hydrogen-bond donors (Lipinski definition) is 0. The van der Waals surface area contributed by atoms with Crippen molar-refractivity contribution in [2.24, 2.45) is 7.05 Å². The Morgan fingerprint density at radius 2 is 2.17 bits per heavy atom. The number of thiazole rings is 1. The van der Waals surface area contributed by atoms with E-state index >= 15 is 0 Å². The van der Waals surface area contributed by atoms with Crippen LogP contribution in [0.2, 0.25) is 0 Å². The molecule has 0 unspecified atom stereocenters. The van der Waals surface area contributed by atoms with Crippen molar-refractivity contribution in [3.8, 4) is 0 Å². The molecule has 0 spiro atoms. The summed E-state index contributed by atoms with van der Waals surface area (Å²) in [7, 11) is 1.89. The van der Waals surface area contributed by atoms with Gasteiger partial charge in [-0.15, -0.1) is 11.3 Å². The van der Waals surface area contributed by atoms with Crippen LogP contribution in [0.15, 0.2) is 11.0 Å². The van der Waals surface area contributed by atoms with Crippen LogP contribution in [-0.2, 0) is 20.0 Å². The molecule has 5 nitrogen and oxygen atoms in total. The van der Waals surface area contributed by atoms with Crippen LogP contribution in [0.4, 0.5) is 0 Å². The SMILES string of the molecule is CCc1nc2c(s1)c1cnn(CC)c(=O)c1n2C. The van der Waals surface area contributed by atoms with E-state index < -0.39 is 0 Å². The van der Waals surface area contributed by atoms with E-state index in [9.17, 15) is 4.79 Å². The van der Waals surface area contributed by atoms with E-state index in [4.69, 9.17) is 0 Å². The molecule has 3 aromatic heterocycles. The third kappa shape index (κ3) is 1.35. The Balaban J connectivity index is 2.50. The van der Waals surface area contributed by atoms with Gasteiger partial charge < -0.3 is 4.57 Å². The minimum Gasteiger partial charge on any atom is -0.323 e. The highest BCUT2D eigenvalue weighted by atomic mass is 32.1. The summed E-state index contributed by atoms with van der Waals surface area (Å²) in [5.41, 5.74) is 1.55. The fourth-order valence-electron chi connectivity index (χ4n) is 2.21. The maximum atomic E-state index is 12.3. The van der Waals surface area contributed by atoms with Crippen LogP contribution in [0, 0.1) is 0 Å². The number of aromatic nitrogens is 4. The summed E-state index contributed by atoms with van der Waals surface area (Å²) in [6, 6.07) is 0. The lowest BCUT2D eigenvalue weighted by atomic mass is 10.3. The van der Waals surface area contributed by atoms with Crippen LogP contribution in [0.3, 0.4) is 0 Å². The smallest absolute Gasteiger partial charge is 0.291 e. The summed E-state index contributed by atoms with van der Waals surface area (Å²) in [5, 5.41) is 6.20. The molecular weight excluding hydrogens is 248 g/mol. The number of aryl methyl sites for hydroxylation is 3. The molecule has 0 atom stereocenters. The number of nitrogens with zero attached hydrogens (tertiary/aromatic N) is 4. The minimum atomic E-state index is -0.0410. The van der Waals surface area contributed by atoms with Crippen LogP contribution in [-0.4, -0.2) is 19.3 Å². The Morgan fingerprint density at radius 3 is 2.83 bits per heavy atom. The van der Waals surface area contributed by atoms with Crippen LogP contribution >= 0.6 is 11.3 Å². The third-order valence-electron chi connectivity index (χ3n) is 3.17. The van der Waals surface area contributed by atoms with Gasteiger partial charge in [-0.1, -0.05) is 6.92 Å². The quantitative estimate of drug-likeness (QED) is 0.709. The van der Waals surface area contributed by atoms with Gasteiger partial charge in [-0.3, -0.25) is 4.79 Å². The summed E-state index contributed by atoms with van der Waals surface area (Å²) >= 11 is 1.65. The average Bonchev–Trinajstić information content (AvgIpc) is 2.90. The second kappa shape index (κ2) is 3.91. The van der Waals surface area contributed by atoms with Crippen molar-refractivity contribution in [1.82, 2.24) is 19.3 Å². The molecule has 0 bridgehead atoms. The highest BCUT2D eigenvalue weighted by Gasteiger charge is 2.16. The van der Waals surface area contributed by atoms with E-state index in [-0.39, 0.29) is 5.56 Å². The standard InChI is InChI=1S/C12H14N4OS/c1-4-8-14-11-10(18-8)7-6-13-16(5-2)12(17)9(7)15(11)3/h6H,4-5H2,1-3H3. The molecule has 0 fully saturated rings. The van der Waals surface area contributed by atoms with Gasteiger partial charge in [0.05, 0.1) is 15.9 Å². The van der Waals surface area contributed by atoms with Gasteiger partial charge in [-0.05, 0) is 13.3 Å². The van der Waals surface area contributed by atoms with Crippen molar-refractivity contribution < 1.29 is 0 Å². The van der Waals surface area contributed by atoms with Gasteiger partial charge in [0.25, 0.3) is 5.56 Å². The zero-order valence-electron chi connectivity index (χ0n) is 10.6. The lowest BCUT2D eigenvalue weighted by Crippen LogP contribution is -2.23. The lowest BCUT2D eigenvalue weighted by molar-refractivity contribution is 0.620. The average molecular weight is 262 g/mol. The highest BCUT2D eigenvalue weighted by Crippen LogP contribution is 2.30. The largest absolute Gasteiger partial charge is 0.323 e. The first-order chi connectivity index (χ1) is 8.67. The molecule has 0 N–H and O–H groups in total. The Labute approximate surface area is 108 Å². The molecule has 3 aromatic rings. The van der Waals surface area contributed by atoms with Crippen LogP contribution < -0.4 is 5.56 Å². The molecule has 0 aromatic carbocycles. The van der Waals surface area contributed by atoms with Gasteiger partial charge in [-0.2, -0.15) is 5.10 Å². The van der Waals surface area contributed by atoms with E-state index in [1.165, 1.54) is 4.68 Å². The monoisotopic (exact) mass is 262 g/mol. The van der Waals surface area contributed by atoms with Crippen LogP contribution in [0.5, 0.6) is 0 Å². The van der Waals surface area contributed by atoms with Crippen molar-refractivity contribution in [3.63, 3.8) is 0 Å². The second-order valence-electron chi connectivity index (χ2n) is 4.20. The van der Waals surface area contributed by atoms with E-state index in [0.717, 1.165) is 27.2 Å². The molecule has 0 saturated carbocycles. The van der Waals surface area contributed by atoms with Crippen molar-refractivity contribution in [1.29, 1.82) is 0 Å². The molecule has 0 aliphatic rings.